The Labute approximate surface area is 133 Å². The highest BCUT2D eigenvalue weighted by atomic mass is 16.5. The Kier molecular flexibility index (Phi) is 4.42. The lowest BCUT2D eigenvalue weighted by Crippen LogP contribution is -2.52. The van der Waals surface area contributed by atoms with E-state index in [-0.39, 0.29) is 11.5 Å². The molecule has 1 amide bonds. The predicted octanol–water partition coefficient (Wildman–Crippen LogP) is 3.81. The first-order valence-corrected chi connectivity index (χ1v) is 8.73. The van der Waals surface area contributed by atoms with Crippen LogP contribution in [0.5, 0.6) is 5.75 Å². The van der Waals surface area contributed by atoms with Gasteiger partial charge in [0.2, 0.25) is 5.91 Å². The van der Waals surface area contributed by atoms with Gasteiger partial charge in [-0.3, -0.25) is 4.79 Å². The number of amides is 1. The highest BCUT2D eigenvalue weighted by Crippen LogP contribution is 2.39. The quantitative estimate of drug-likeness (QED) is 0.849. The van der Waals surface area contributed by atoms with Gasteiger partial charge < -0.3 is 9.64 Å². The Morgan fingerprint density at radius 3 is 2.55 bits per heavy atom. The van der Waals surface area contributed by atoms with Crippen molar-refractivity contribution < 1.29 is 9.53 Å². The van der Waals surface area contributed by atoms with Crippen LogP contribution in [0.25, 0.3) is 0 Å². The first-order chi connectivity index (χ1) is 10.7. The van der Waals surface area contributed by atoms with Crippen LogP contribution in [0, 0.1) is 5.92 Å². The van der Waals surface area contributed by atoms with Gasteiger partial charge in [-0.05, 0) is 37.3 Å². The maximum Gasteiger partial charge on any atom is 0.225 e. The van der Waals surface area contributed by atoms with E-state index in [2.05, 4.69) is 36.9 Å². The average molecular weight is 301 g/mol. The number of likely N-dealkylation sites (tertiary alicyclic amines) is 1. The lowest BCUT2D eigenvalue weighted by Gasteiger charge is -2.45. The zero-order valence-electron chi connectivity index (χ0n) is 13.8. The molecule has 1 spiro atoms. The summed E-state index contributed by atoms with van der Waals surface area (Å²) in [6.07, 6.45) is 6.00. The summed E-state index contributed by atoms with van der Waals surface area (Å²) in [7, 11) is 0. The van der Waals surface area contributed by atoms with Gasteiger partial charge in [-0.1, -0.05) is 32.0 Å². The highest BCUT2D eigenvalue weighted by molar-refractivity contribution is 5.78. The third-order valence-corrected chi connectivity index (χ3v) is 5.47. The fraction of sp³-hybridized carbons (Fsp3) is 0.632. The van der Waals surface area contributed by atoms with Crippen molar-refractivity contribution in [1.82, 2.24) is 4.90 Å². The maximum absolute atomic E-state index is 12.5. The van der Waals surface area contributed by atoms with Crippen molar-refractivity contribution in [2.75, 3.05) is 13.1 Å². The van der Waals surface area contributed by atoms with Crippen LogP contribution < -0.4 is 4.74 Å². The third kappa shape index (κ3) is 2.86. The number of hydrogen-bond acceptors (Lipinski definition) is 2. The van der Waals surface area contributed by atoms with Crippen LogP contribution in [0.1, 0.15) is 51.5 Å². The summed E-state index contributed by atoms with van der Waals surface area (Å²) in [5.74, 6) is 1.59. The number of para-hydroxylation sites is 1. The van der Waals surface area contributed by atoms with Gasteiger partial charge in [-0.15, -0.1) is 0 Å². The molecule has 2 aliphatic heterocycles. The van der Waals surface area contributed by atoms with Crippen molar-refractivity contribution in [1.29, 1.82) is 0 Å². The van der Waals surface area contributed by atoms with Gasteiger partial charge in [0.1, 0.15) is 11.4 Å². The van der Waals surface area contributed by atoms with Gasteiger partial charge in [0, 0.05) is 31.8 Å². The molecule has 1 aromatic carbocycles. The molecule has 3 nitrogen and oxygen atoms in total. The van der Waals surface area contributed by atoms with Gasteiger partial charge in [-0.2, -0.15) is 0 Å². The molecule has 0 aliphatic carbocycles. The molecule has 1 saturated heterocycles. The van der Waals surface area contributed by atoms with Crippen LogP contribution in [0.2, 0.25) is 0 Å². The topological polar surface area (TPSA) is 29.5 Å². The minimum atomic E-state index is -0.0426. The average Bonchev–Trinajstić information content (AvgIpc) is 2.56. The van der Waals surface area contributed by atoms with E-state index >= 15 is 0 Å². The smallest absolute Gasteiger partial charge is 0.225 e. The second-order valence-corrected chi connectivity index (χ2v) is 6.73. The third-order valence-electron chi connectivity index (χ3n) is 5.47. The molecule has 22 heavy (non-hydrogen) atoms. The van der Waals surface area contributed by atoms with Crippen LogP contribution in [0.15, 0.2) is 24.3 Å². The Balaban J connectivity index is 1.64. The molecular weight excluding hydrogens is 274 g/mol. The van der Waals surface area contributed by atoms with Crippen molar-refractivity contribution in [2.45, 2.75) is 58.0 Å². The minimum Gasteiger partial charge on any atom is -0.487 e. The summed E-state index contributed by atoms with van der Waals surface area (Å²) >= 11 is 0. The summed E-state index contributed by atoms with van der Waals surface area (Å²) in [5.41, 5.74) is 1.28. The van der Waals surface area contributed by atoms with Gasteiger partial charge in [0.05, 0.1) is 0 Å². The first kappa shape index (κ1) is 15.4. The molecule has 0 radical (unpaired) electrons. The molecule has 0 aromatic heterocycles. The highest BCUT2D eigenvalue weighted by Gasteiger charge is 2.40. The molecule has 1 fully saturated rings. The molecular formula is C19H27NO2. The Hall–Kier alpha value is -1.51. The van der Waals surface area contributed by atoms with Crippen LogP contribution in [0.3, 0.4) is 0 Å². The fourth-order valence-corrected chi connectivity index (χ4v) is 3.84. The molecule has 120 valence electrons. The molecule has 3 rings (SSSR count). The summed E-state index contributed by atoms with van der Waals surface area (Å²) in [6, 6.07) is 8.37. The molecule has 0 N–H and O–H groups in total. The summed E-state index contributed by atoms with van der Waals surface area (Å²) in [5, 5.41) is 0. The summed E-state index contributed by atoms with van der Waals surface area (Å²) < 4.78 is 6.36. The first-order valence-electron chi connectivity index (χ1n) is 8.73. The second kappa shape index (κ2) is 6.31. The fourth-order valence-electron chi connectivity index (χ4n) is 3.84. The van der Waals surface area contributed by atoms with Gasteiger partial charge in [-0.25, -0.2) is 0 Å². The van der Waals surface area contributed by atoms with E-state index in [0.29, 0.717) is 5.91 Å². The number of fused-ring (bicyclic) bond motifs is 1. The standard InChI is InChI=1S/C19H27NO2/c1-3-15(4-2)18(21)20-13-11-19(12-14-20)10-9-16-7-5-6-8-17(16)22-19/h5-8,15H,3-4,9-14H2,1-2H3. The van der Waals surface area contributed by atoms with Gasteiger partial charge in [0.25, 0.3) is 0 Å². The van der Waals surface area contributed by atoms with E-state index in [1.165, 1.54) is 5.56 Å². The number of nitrogens with zero attached hydrogens (tertiary/aromatic N) is 1. The number of ether oxygens (including phenoxy) is 1. The van der Waals surface area contributed by atoms with E-state index in [1.807, 2.05) is 6.07 Å². The van der Waals surface area contributed by atoms with E-state index in [1.54, 1.807) is 0 Å². The number of carbonyl (C=O) groups excluding carboxylic acids is 1. The van der Waals surface area contributed by atoms with E-state index < -0.39 is 0 Å². The van der Waals surface area contributed by atoms with E-state index in [4.69, 9.17) is 4.74 Å². The predicted molar refractivity (Wildman–Crippen MR) is 88.0 cm³/mol. The Morgan fingerprint density at radius 2 is 1.86 bits per heavy atom. The molecule has 0 atom stereocenters. The molecule has 2 aliphatic rings. The minimum absolute atomic E-state index is 0.0426. The van der Waals surface area contributed by atoms with Crippen molar-refractivity contribution in [3.8, 4) is 5.75 Å². The zero-order chi connectivity index (χ0) is 15.6. The SMILES string of the molecule is CCC(CC)C(=O)N1CCC2(CCc3ccccc3O2)CC1. The van der Waals surface area contributed by atoms with Crippen molar-refractivity contribution in [3.63, 3.8) is 0 Å². The van der Waals surface area contributed by atoms with Crippen LogP contribution >= 0.6 is 0 Å². The maximum atomic E-state index is 12.5. The molecule has 1 aromatic rings. The lowest BCUT2D eigenvalue weighted by molar-refractivity contribution is -0.139. The number of carbonyl (C=O) groups is 1. The largest absolute Gasteiger partial charge is 0.487 e. The summed E-state index contributed by atoms with van der Waals surface area (Å²) in [4.78, 5) is 14.6. The summed E-state index contributed by atoms with van der Waals surface area (Å²) in [6.45, 7) is 5.91. The van der Waals surface area contributed by atoms with Crippen molar-refractivity contribution in [3.05, 3.63) is 29.8 Å². The number of hydrogen-bond donors (Lipinski definition) is 0. The second-order valence-electron chi connectivity index (χ2n) is 6.73. The van der Waals surface area contributed by atoms with Crippen LogP contribution in [0.4, 0.5) is 0 Å². The molecule has 0 bridgehead atoms. The molecule has 0 saturated carbocycles. The number of rotatable bonds is 3. The van der Waals surface area contributed by atoms with Crippen LogP contribution in [-0.2, 0) is 11.2 Å². The number of benzene rings is 1. The number of aryl methyl sites for hydroxylation is 1. The zero-order valence-corrected chi connectivity index (χ0v) is 13.8. The van der Waals surface area contributed by atoms with Crippen molar-refractivity contribution >= 4 is 5.91 Å². The van der Waals surface area contributed by atoms with Gasteiger partial charge >= 0.3 is 0 Å². The Bertz CT molecular complexity index is 528. The molecule has 2 heterocycles. The van der Waals surface area contributed by atoms with E-state index in [9.17, 15) is 4.79 Å². The normalized spacial score (nSPS) is 19.9. The van der Waals surface area contributed by atoms with Crippen molar-refractivity contribution in [2.24, 2.45) is 5.92 Å². The number of piperidine rings is 1. The Morgan fingerprint density at radius 1 is 1.18 bits per heavy atom. The van der Waals surface area contributed by atoms with Gasteiger partial charge in [0.15, 0.2) is 0 Å². The molecule has 0 unspecified atom stereocenters. The molecule has 3 heteroatoms. The monoisotopic (exact) mass is 301 g/mol. The van der Waals surface area contributed by atoms with Crippen LogP contribution in [-0.4, -0.2) is 29.5 Å². The lowest BCUT2D eigenvalue weighted by atomic mass is 9.82. The van der Waals surface area contributed by atoms with E-state index in [0.717, 1.165) is 57.4 Å².